The van der Waals surface area contributed by atoms with Crippen LogP contribution in [0.3, 0.4) is 0 Å². The molecular formula is C16H14O5. The van der Waals surface area contributed by atoms with E-state index in [9.17, 15) is 15.0 Å². The Balaban J connectivity index is 2.22. The van der Waals surface area contributed by atoms with E-state index in [4.69, 9.17) is 9.47 Å². The van der Waals surface area contributed by atoms with Gasteiger partial charge in [-0.2, -0.15) is 0 Å². The summed E-state index contributed by atoms with van der Waals surface area (Å²) in [6.45, 7) is 0. The molecule has 0 atom stereocenters. The minimum absolute atomic E-state index is 0.111. The van der Waals surface area contributed by atoms with Crippen LogP contribution in [0.15, 0.2) is 54.3 Å². The fourth-order valence-electron chi connectivity index (χ4n) is 1.63. The molecule has 0 saturated heterocycles. The first-order valence-corrected chi connectivity index (χ1v) is 6.14. The molecule has 2 aromatic carbocycles. The summed E-state index contributed by atoms with van der Waals surface area (Å²) < 4.78 is 10.4. The van der Waals surface area contributed by atoms with E-state index >= 15 is 0 Å². The lowest BCUT2D eigenvalue weighted by molar-refractivity contribution is -0.134. The second-order valence-corrected chi connectivity index (χ2v) is 4.18. The van der Waals surface area contributed by atoms with Gasteiger partial charge in [-0.3, -0.25) is 0 Å². The molecule has 2 aromatic rings. The van der Waals surface area contributed by atoms with E-state index in [1.165, 1.54) is 18.2 Å². The molecule has 0 heterocycles. The molecule has 0 saturated carbocycles. The van der Waals surface area contributed by atoms with Crippen LogP contribution >= 0.6 is 0 Å². The van der Waals surface area contributed by atoms with Crippen LogP contribution in [0.5, 0.6) is 17.2 Å². The van der Waals surface area contributed by atoms with Crippen LogP contribution in [0.25, 0.3) is 6.08 Å². The third-order valence-electron chi connectivity index (χ3n) is 2.69. The predicted molar refractivity (Wildman–Crippen MR) is 77.3 cm³/mol. The van der Waals surface area contributed by atoms with Crippen molar-refractivity contribution in [3.05, 3.63) is 59.9 Å². The Morgan fingerprint density at radius 1 is 1.00 bits per heavy atom. The Kier molecular flexibility index (Phi) is 4.46. The summed E-state index contributed by atoms with van der Waals surface area (Å²) in [6.07, 6.45) is 1.38. The third-order valence-corrected chi connectivity index (χ3v) is 2.69. The van der Waals surface area contributed by atoms with Crippen LogP contribution in [0, 0.1) is 0 Å². The second kappa shape index (κ2) is 6.47. The summed E-state index contributed by atoms with van der Waals surface area (Å²) in [6, 6.07) is 12.7. The van der Waals surface area contributed by atoms with E-state index in [2.05, 4.69) is 0 Å². The number of phenols is 1. The topological polar surface area (TPSA) is 76.0 Å². The number of phenolic OH excluding ortho intramolecular Hbond substituents is 1. The molecule has 21 heavy (non-hydrogen) atoms. The van der Waals surface area contributed by atoms with Crippen LogP contribution in [-0.4, -0.2) is 23.3 Å². The maximum Gasteiger partial charge on any atom is 0.371 e. The maximum atomic E-state index is 11.2. The SMILES string of the molecule is COc1ccc(OC(=Cc2ccc(O)cc2)C(=O)O)cc1. The molecule has 0 fully saturated rings. The van der Waals surface area contributed by atoms with Gasteiger partial charge in [-0.25, -0.2) is 4.79 Å². The Morgan fingerprint density at radius 2 is 1.57 bits per heavy atom. The highest BCUT2D eigenvalue weighted by Gasteiger charge is 2.10. The Hall–Kier alpha value is -2.95. The Labute approximate surface area is 121 Å². The molecule has 108 valence electrons. The van der Waals surface area contributed by atoms with Crippen LogP contribution in [0.4, 0.5) is 0 Å². The van der Waals surface area contributed by atoms with E-state index in [1.54, 1.807) is 43.5 Å². The predicted octanol–water partition coefficient (Wildman–Crippen LogP) is 2.91. The van der Waals surface area contributed by atoms with Gasteiger partial charge in [0.25, 0.3) is 0 Å². The van der Waals surface area contributed by atoms with Crippen LogP contribution in [0.1, 0.15) is 5.56 Å². The molecule has 5 heteroatoms. The normalized spacial score (nSPS) is 11.0. The van der Waals surface area contributed by atoms with Gasteiger partial charge in [0, 0.05) is 0 Å². The smallest absolute Gasteiger partial charge is 0.371 e. The Morgan fingerprint density at radius 3 is 2.10 bits per heavy atom. The fraction of sp³-hybridized carbons (Fsp3) is 0.0625. The number of aromatic hydroxyl groups is 1. The number of methoxy groups -OCH3 is 1. The van der Waals surface area contributed by atoms with E-state index in [0.29, 0.717) is 17.1 Å². The minimum atomic E-state index is -1.18. The molecule has 0 bridgehead atoms. The minimum Gasteiger partial charge on any atom is -0.508 e. The summed E-state index contributed by atoms with van der Waals surface area (Å²) in [5.41, 5.74) is 0.610. The molecule has 0 unspecified atom stereocenters. The van der Waals surface area contributed by atoms with E-state index in [1.807, 2.05) is 0 Å². The number of carboxylic acids is 1. The molecule has 0 aromatic heterocycles. The lowest BCUT2D eigenvalue weighted by Crippen LogP contribution is -2.07. The fourth-order valence-corrected chi connectivity index (χ4v) is 1.63. The zero-order valence-electron chi connectivity index (χ0n) is 11.3. The van der Waals surface area contributed by atoms with Crippen molar-refractivity contribution in [3.8, 4) is 17.2 Å². The summed E-state index contributed by atoms with van der Waals surface area (Å²) in [4.78, 5) is 11.2. The molecule has 2 rings (SSSR count). The van der Waals surface area contributed by atoms with Crippen molar-refractivity contribution in [2.45, 2.75) is 0 Å². The van der Waals surface area contributed by atoms with Gasteiger partial charge in [0.1, 0.15) is 17.2 Å². The van der Waals surface area contributed by atoms with Gasteiger partial charge >= 0.3 is 5.97 Å². The molecule has 0 aliphatic heterocycles. The van der Waals surface area contributed by atoms with Gasteiger partial charge < -0.3 is 19.7 Å². The first-order valence-electron chi connectivity index (χ1n) is 6.14. The van der Waals surface area contributed by atoms with Crippen molar-refractivity contribution in [2.75, 3.05) is 7.11 Å². The van der Waals surface area contributed by atoms with Crippen LogP contribution < -0.4 is 9.47 Å². The lowest BCUT2D eigenvalue weighted by atomic mass is 10.2. The molecule has 0 radical (unpaired) electrons. The van der Waals surface area contributed by atoms with Gasteiger partial charge in [-0.05, 0) is 48.0 Å². The Bertz CT molecular complexity index is 641. The van der Waals surface area contributed by atoms with Crippen molar-refractivity contribution in [3.63, 3.8) is 0 Å². The second-order valence-electron chi connectivity index (χ2n) is 4.18. The first-order chi connectivity index (χ1) is 10.1. The van der Waals surface area contributed by atoms with Gasteiger partial charge in [-0.1, -0.05) is 12.1 Å². The largest absolute Gasteiger partial charge is 0.508 e. The summed E-state index contributed by atoms with van der Waals surface area (Å²) >= 11 is 0. The van der Waals surface area contributed by atoms with Crippen molar-refractivity contribution in [1.82, 2.24) is 0 Å². The quantitative estimate of drug-likeness (QED) is 0.653. The summed E-state index contributed by atoms with van der Waals surface area (Å²) in [5, 5.41) is 18.4. The number of aliphatic carboxylic acids is 1. The van der Waals surface area contributed by atoms with Crippen molar-refractivity contribution in [2.24, 2.45) is 0 Å². The molecular weight excluding hydrogens is 272 g/mol. The zero-order valence-corrected chi connectivity index (χ0v) is 11.3. The van der Waals surface area contributed by atoms with E-state index in [-0.39, 0.29) is 11.5 Å². The number of hydrogen-bond donors (Lipinski definition) is 2. The number of carbonyl (C=O) groups is 1. The van der Waals surface area contributed by atoms with Crippen molar-refractivity contribution < 1.29 is 24.5 Å². The molecule has 5 nitrogen and oxygen atoms in total. The van der Waals surface area contributed by atoms with E-state index < -0.39 is 5.97 Å². The van der Waals surface area contributed by atoms with Crippen LogP contribution in [-0.2, 0) is 4.79 Å². The maximum absolute atomic E-state index is 11.2. The number of carboxylic acid groups (broad SMARTS) is 1. The zero-order chi connectivity index (χ0) is 15.2. The highest BCUT2D eigenvalue weighted by molar-refractivity contribution is 5.90. The van der Waals surface area contributed by atoms with Gasteiger partial charge in [0.2, 0.25) is 5.76 Å². The summed E-state index contributed by atoms with van der Waals surface area (Å²) in [7, 11) is 1.54. The highest BCUT2D eigenvalue weighted by Crippen LogP contribution is 2.20. The lowest BCUT2D eigenvalue weighted by Gasteiger charge is -2.07. The molecule has 0 spiro atoms. The van der Waals surface area contributed by atoms with Crippen molar-refractivity contribution in [1.29, 1.82) is 0 Å². The van der Waals surface area contributed by atoms with Gasteiger partial charge in [0.05, 0.1) is 7.11 Å². The number of benzene rings is 2. The molecule has 0 aliphatic carbocycles. The average molecular weight is 286 g/mol. The van der Waals surface area contributed by atoms with Gasteiger partial charge in [-0.15, -0.1) is 0 Å². The van der Waals surface area contributed by atoms with Crippen molar-refractivity contribution >= 4 is 12.0 Å². The molecule has 0 amide bonds. The monoisotopic (exact) mass is 286 g/mol. The van der Waals surface area contributed by atoms with E-state index in [0.717, 1.165) is 0 Å². The number of hydrogen-bond acceptors (Lipinski definition) is 4. The van der Waals surface area contributed by atoms with Gasteiger partial charge in [0.15, 0.2) is 0 Å². The van der Waals surface area contributed by atoms with Crippen LogP contribution in [0.2, 0.25) is 0 Å². The average Bonchev–Trinajstić information content (AvgIpc) is 2.49. The number of rotatable bonds is 5. The molecule has 2 N–H and O–H groups in total. The standard InChI is InChI=1S/C16H14O5/c1-20-13-6-8-14(9-7-13)21-15(16(18)19)10-11-2-4-12(17)5-3-11/h2-10,17H,1H3,(H,18,19). The highest BCUT2D eigenvalue weighted by atomic mass is 16.5. The third kappa shape index (κ3) is 4.01. The summed E-state index contributed by atoms with van der Waals surface area (Å²) in [5.74, 6) is -0.241. The first kappa shape index (κ1) is 14.5. The molecule has 0 aliphatic rings. The number of ether oxygens (including phenoxy) is 2.